The third-order valence-electron chi connectivity index (χ3n) is 3.55. The van der Waals surface area contributed by atoms with Gasteiger partial charge in [0.2, 0.25) is 0 Å². The minimum atomic E-state index is -0.629. The van der Waals surface area contributed by atoms with E-state index in [0.29, 0.717) is 13.0 Å². The molecular weight excluding hydrogens is 264 g/mol. The van der Waals surface area contributed by atoms with Crippen LogP contribution < -0.4 is 5.73 Å². The Hall–Kier alpha value is -2.22. The number of hydrogen-bond donors (Lipinski definition) is 2. The number of aliphatic hydroxyl groups excluding tert-OH is 1. The SMILES string of the molecule is CC1CCN(C(=O)c2cc([N+](=O)[O-])cnc2N)CC1O. The number of hydrogen-bond acceptors (Lipinski definition) is 6. The predicted molar refractivity (Wildman–Crippen MR) is 71.0 cm³/mol. The van der Waals surface area contributed by atoms with E-state index in [1.807, 2.05) is 6.92 Å². The maximum Gasteiger partial charge on any atom is 0.288 e. The molecule has 0 radical (unpaired) electrons. The van der Waals surface area contributed by atoms with Gasteiger partial charge in [-0.1, -0.05) is 6.92 Å². The molecule has 0 bridgehead atoms. The number of carbonyl (C=O) groups is 1. The average molecular weight is 280 g/mol. The lowest BCUT2D eigenvalue weighted by molar-refractivity contribution is -0.385. The van der Waals surface area contributed by atoms with E-state index in [1.54, 1.807) is 0 Å². The number of likely N-dealkylation sites (tertiary alicyclic amines) is 1. The molecular formula is C12H16N4O4. The van der Waals surface area contributed by atoms with Crippen LogP contribution in [-0.4, -0.2) is 45.0 Å². The fourth-order valence-electron chi connectivity index (χ4n) is 2.14. The van der Waals surface area contributed by atoms with Gasteiger partial charge in [0, 0.05) is 19.2 Å². The van der Waals surface area contributed by atoms with Gasteiger partial charge in [-0.3, -0.25) is 14.9 Å². The number of nitrogen functional groups attached to an aromatic ring is 1. The van der Waals surface area contributed by atoms with Gasteiger partial charge >= 0.3 is 0 Å². The van der Waals surface area contributed by atoms with Crippen molar-refractivity contribution in [3.05, 3.63) is 27.9 Å². The molecule has 1 saturated heterocycles. The molecule has 2 unspecified atom stereocenters. The van der Waals surface area contributed by atoms with Crippen molar-refractivity contribution in [2.24, 2.45) is 5.92 Å². The van der Waals surface area contributed by atoms with Crippen LogP contribution in [-0.2, 0) is 0 Å². The van der Waals surface area contributed by atoms with Crippen molar-refractivity contribution in [2.75, 3.05) is 18.8 Å². The van der Waals surface area contributed by atoms with Gasteiger partial charge in [0.05, 0.1) is 16.6 Å². The Bertz CT molecular complexity index is 548. The summed E-state index contributed by atoms with van der Waals surface area (Å²) in [6, 6.07) is 1.12. The van der Waals surface area contributed by atoms with Crippen LogP contribution in [0, 0.1) is 16.0 Å². The van der Waals surface area contributed by atoms with Crippen LogP contribution >= 0.6 is 0 Å². The molecule has 0 aliphatic carbocycles. The highest BCUT2D eigenvalue weighted by molar-refractivity contribution is 5.99. The standard InChI is InChI=1S/C12H16N4O4/c1-7-2-3-15(6-10(7)17)12(18)9-4-8(16(19)20)5-14-11(9)13/h4-5,7,10,17H,2-3,6H2,1H3,(H2,13,14). The first-order chi connectivity index (χ1) is 9.40. The number of piperidine rings is 1. The number of aromatic nitrogens is 1. The molecule has 3 N–H and O–H groups in total. The van der Waals surface area contributed by atoms with E-state index in [1.165, 1.54) is 4.90 Å². The number of rotatable bonds is 2. The lowest BCUT2D eigenvalue weighted by Crippen LogP contribution is -2.46. The van der Waals surface area contributed by atoms with Crippen molar-refractivity contribution in [2.45, 2.75) is 19.4 Å². The van der Waals surface area contributed by atoms with Crippen LogP contribution in [0.2, 0.25) is 0 Å². The highest BCUT2D eigenvalue weighted by Crippen LogP contribution is 2.22. The summed E-state index contributed by atoms with van der Waals surface area (Å²) in [6.07, 6.45) is 1.09. The smallest absolute Gasteiger partial charge is 0.288 e. The molecule has 8 nitrogen and oxygen atoms in total. The van der Waals surface area contributed by atoms with Gasteiger partial charge in [0.25, 0.3) is 11.6 Å². The van der Waals surface area contributed by atoms with Gasteiger partial charge in [0.15, 0.2) is 0 Å². The van der Waals surface area contributed by atoms with Crippen molar-refractivity contribution in [1.29, 1.82) is 0 Å². The third-order valence-corrected chi connectivity index (χ3v) is 3.55. The van der Waals surface area contributed by atoms with E-state index >= 15 is 0 Å². The van der Waals surface area contributed by atoms with Crippen LogP contribution in [0.3, 0.4) is 0 Å². The lowest BCUT2D eigenvalue weighted by atomic mass is 9.95. The number of amides is 1. The number of nitrogens with two attached hydrogens (primary N) is 1. The van der Waals surface area contributed by atoms with Gasteiger partial charge in [-0.25, -0.2) is 4.98 Å². The molecule has 1 aliphatic heterocycles. The third kappa shape index (κ3) is 2.69. The first-order valence-corrected chi connectivity index (χ1v) is 6.27. The fraction of sp³-hybridized carbons (Fsp3) is 0.500. The Morgan fingerprint density at radius 2 is 2.35 bits per heavy atom. The van der Waals surface area contributed by atoms with Crippen molar-refractivity contribution in [3.63, 3.8) is 0 Å². The van der Waals surface area contributed by atoms with Gasteiger partial charge in [-0.2, -0.15) is 0 Å². The van der Waals surface area contributed by atoms with Crippen molar-refractivity contribution >= 4 is 17.4 Å². The number of β-amino-alcohol motifs (C(OH)–C–C–N with tert-alkyl or cyclic N) is 1. The first-order valence-electron chi connectivity index (χ1n) is 6.27. The largest absolute Gasteiger partial charge is 0.391 e. The first kappa shape index (κ1) is 14.2. The molecule has 1 aliphatic rings. The van der Waals surface area contributed by atoms with E-state index < -0.39 is 16.9 Å². The molecule has 0 aromatic carbocycles. The molecule has 2 heterocycles. The summed E-state index contributed by atoms with van der Waals surface area (Å²) in [5.41, 5.74) is 5.33. The average Bonchev–Trinajstić information content (AvgIpc) is 2.41. The minimum absolute atomic E-state index is 0.000882. The fourth-order valence-corrected chi connectivity index (χ4v) is 2.14. The van der Waals surface area contributed by atoms with Crippen LogP contribution in [0.15, 0.2) is 12.3 Å². The maximum absolute atomic E-state index is 12.3. The summed E-state index contributed by atoms with van der Waals surface area (Å²) in [5.74, 6) is -0.363. The summed E-state index contributed by atoms with van der Waals surface area (Å²) >= 11 is 0. The quantitative estimate of drug-likeness (QED) is 0.597. The minimum Gasteiger partial charge on any atom is -0.391 e. The Labute approximate surface area is 115 Å². The molecule has 0 saturated carbocycles. The Balaban J connectivity index is 2.25. The molecule has 108 valence electrons. The molecule has 0 spiro atoms. The Kier molecular flexibility index (Phi) is 3.84. The van der Waals surface area contributed by atoms with Crippen molar-refractivity contribution in [3.8, 4) is 0 Å². The zero-order chi connectivity index (χ0) is 14.9. The summed E-state index contributed by atoms with van der Waals surface area (Å²) in [7, 11) is 0. The van der Waals surface area contributed by atoms with Crippen LogP contribution in [0.5, 0.6) is 0 Å². The van der Waals surface area contributed by atoms with E-state index in [0.717, 1.165) is 12.3 Å². The second-order valence-electron chi connectivity index (χ2n) is 4.97. The summed E-state index contributed by atoms with van der Waals surface area (Å²) in [4.78, 5) is 27.5. The van der Waals surface area contributed by atoms with Crippen LogP contribution in [0.25, 0.3) is 0 Å². The molecule has 1 aromatic heterocycles. The predicted octanol–water partition coefficient (Wildman–Crippen LogP) is 0.415. The summed E-state index contributed by atoms with van der Waals surface area (Å²) in [5, 5.41) is 20.5. The normalized spacial score (nSPS) is 22.6. The van der Waals surface area contributed by atoms with Crippen molar-refractivity contribution in [1.82, 2.24) is 9.88 Å². The van der Waals surface area contributed by atoms with E-state index in [9.17, 15) is 20.0 Å². The molecule has 8 heteroatoms. The number of carbonyl (C=O) groups excluding carboxylic acids is 1. The second kappa shape index (κ2) is 5.41. The number of anilines is 1. The molecule has 20 heavy (non-hydrogen) atoms. The monoisotopic (exact) mass is 280 g/mol. The van der Waals surface area contributed by atoms with Gasteiger partial charge in [0.1, 0.15) is 12.0 Å². The van der Waals surface area contributed by atoms with Crippen LogP contribution in [0.4, 0.5) is 11.5 Å². The number of aliphatic hydroxyl groups is 1. The molecule has 1 fully saturated rings. The van der Waals surface area contributed by atoms with Gasteiger partial charge in [-0.05, 0) is 12.3 Å². The molecule has 1 aromatic rings. The summed E-state index contributed by atoms with van der Waals surface area (Å²) in [6.45, 7) is 2.59. The van der Waals surface area contributed by atoms with Crippen LogP contribution in [0.1, 0.15) is 23.7 Å². The number of pyridine rings is 1. The highest BCUT2D eigenvalue weighted by atomic mass is 16.6. The number of nitro groups is 1. The van der Waals surface area contributed by atoms with Gasteiger partial charge < -0.3 is 15.7 Å². The Morgan fingerprint density at radius 3 is 2.95 bits per heavy atom. The molecule has 2 rings (SSSR count). The highest BCUT2D eigenvalue weighted by Gasteiger charge is 2.29. The van der Waals surface area contributed by atoms with E-state index in [-0.39, 0.29) is 29.5 Å². The van der Waals surface area contributed by atoms with E-state index in [2.05, 4.69) is 4.98 Å². The Morgan fingerprint density at radius 1 is 1.65 bits per heavy atom. The van der Waals surface area contributed by atoms with Crippen molar-refractivity contribution < 1.29 is 14.8 Å². The topological polar surface area (TPSA) is 123 Å². The summed E-state index contributed by atoms with van der Waals surface area (Å²) < 4.78 is 0. The van der Waals surface area contributed by atoms with E-state index in [4.69, 9.17) is 5.73 Å². The number of nitrogens with zero attached hydrogens (tertiary/aromatic N) is 3. The lowest BCUT2D eigenvalue weighted by Gasteiger charge is -2.34. The zero-order valence-corrected chi connectivity index (χ0v) is 11.0. The molecule has 2 atom stereocenters. The second-order valence-corrected chi connectivity index (χ2v) is 4.97. The zero-order valence-electron chi connectivity index (χ0n) is 11.0. The molecule has 1 amide bonds. The van der Waals surface area contributed by atoms with Gasteiger partial charge in [-0.15, -0.1) is 0 Å². The maximum atomic E-state index is 12.3.